The molecule has 0 aromatic carbocycles. The summed E-state index contributed by atoms with van der Waals surface area (Å²) in [5.41, 5.74) is 3.20. The van der Waals surface area contributed by atoms with Gasteiger partial charge in [-0.1, -0.05) is 20.9 Å². The van der Waals surface area contributed by atoms with E-state index in [1.807, 2.05) is 18.6 Å². The zero-order valence-electron chi connectivity index (χ0n) is 59.9. The number of aromatic nitrogens is 12. The first-order chi connectivity index (χ1) is 49.4. The van der Waals surface area contributed by atoms with E-state index >= 15 is 0 Å². The molecule has 548 valence electrons. The number of methoxy groups -OCH3 is 8. The molecule has 8 unspecified atom stereocenters. The van der Waals surface area contributed by atoms with Crippen molar-refractivity contribution in [2.24, 2.45) is 17.8 Å². The first kappa shape index (κ1) is 82.3. The monoisotopic (exact) mass is 1420 g/mol. The van der Waals surface area contributed by atoms with E-state index < -0.39 is 0 Å². The fraction of sp³-hybridized carbons (Fsp3) is 0.871. The maximum absolute atomic E-state index is 5.89. The third-order valence-corrected chi connectivity index (χ3v) is 18.7. The van der Waals surface area contributed by atoms with Crippen LogP contribution in [-0.2, 0) is 141 Å². The lowest BCUT2D eigenvalue weighted by atomic mass is 9.88. The van der Waals surface area contributed by atoms with Gasteiger partial charge in [-0.25, -0.2) is 14.0 Å². The zero-order chi connectivity index (χ0) is 72.7. The molecule has 12 heterocycles. The highest BCUT2D eigenvalue weighted by molar-refractivity contribution is 6.12. The average Bonchev–Trinajstić information content (AvgIpc) is 1.67. The number of hydrogen-bond donors (Lipinski definition) is 0. The van der Waals surface area contributed by atoms with Gasteiger partial charge in [-0.05, 0) is 76.0 Å². The second kappa shape index (κ2) is 42.1. The Morgan fingerprint density at radius 2 is 0.686 bits per heavy atom. The molecule has 4 aromatic heterocycles. The summed E-state index contributed by atoms with van der Waals surface area (Å²) >= 11 is 0. The van der Waals surface area contributed by atoms with Gasteiger partial charge < -0.3 is 94.7 Å². The molecule has 0 N–H and O–H groups in total. The predicted octanol–water partition coefficient (Wildman–Crippen LogP) is -1.56. The molecule has 0 bridgehead atoms. The van der Waals surface area contributed by atoms with Crippen LogP contribution in [0.5, 0.6) is 0 Å². The molecule has 8 saturated heterocycles. The summed E-state index contributed by atoms with van der Waals surface area (Å²) in [5.74, 6) is 0.781. The minimum Gasteiger partial charge on any atom is -0.382 e. The number of rotatable bonds is 34. The Morgan fingerprint density at radius 1 is 0.343 bits per heavy atom. The molecule has 40 heteroatoms. The summed E-state index contributed by atoms with van der Waals surface area (Å²) < 4.78 is 117. The van der Waals surface area contributed by atoms with Crippen molar-refractivity contribution in [3.8, 4) is 0 Å². The largest absolute Gasteiger partial charge is 0.382 e. The Hall–Kier alpha value is -3.72. The van der Waals surface area contributed by atoms with Gasteiger partial charge in [0, 0.05) is 117 Å². The Bertz CT molecular complexity index is 2890. The molecule has 24 atom stereocenters. The van der Waals surface area contributed by atoms with Crippen molar-refractivity contribution >= 4 is 62.8 Å². The highest BCUT2D eigenvalue weighted by Crippen LogP contribution is 2.33. The van der Waals surface area contributed by atoms with Gasteiger partial charge in [0.15, 0.2) is 6.23 Å². The Labute approximate surface area is 608 Å². The normalized spacial score (nSPS) is 35.0. The number of ether oxygens (including phenoxy) is 20. The molecule has 0 amide bonds. The van der Waals surface area contributed by atoms with E-state index in [9.17, 15) is 0 Å². The summed E-state index contributed by atoms with van der Waals surface area (Å²) in [7, 11) is 59.8. The summed E-state index contributed by atoms with van der Waals surface area (Å²) in [6.45, 7) is 5.07. The standard InChI is InChI=1S/C16H25B2N3O6.2C16H25B2N3O5.C14H21B2N3O4/c1-22-7-13-12(4-16(18)26-13)25-6-10-5-21(20-19-10)9-24-8-14-11(23-2)3-15(17)27-14;1-22-8-13-10(3-15(17)25-13)5-21-6-11(19-20-21)7-24-9-14-12(23-2)4-16(18)26-14;1-22-7-13-10(4-15(17)25-13)3-11-6-21(20-19-11)9-24-8-14-12(23-2)5-16(18)26-14;1-20-7-11-8(4-12(15)22-11)3-9-6-19(18-17-9)14-10(21-2)5-13(16)23-14/h5,11-16H,3-4,6-9H2,1-2H3;2*6,10,12-16H,3-5,7-9H2,1-2H3;6,8,10-14H,3-5,7H2,1-2H3/t11?,12?,13-,14-,15-,16-;2*10?,12?,13-,14-,15-,16-;8?,10?,11-,12-,13-,14+/m1111/s1. The maximum Gasteiger partial charge on any atom is 0.177 e. The second-order valence-corrected chi connectivity index (χ2v) is 26.5. The van der Waals surface area contributed by atoms with E-state index in [0.29, 0.717) is 111 Å². The molecule has 102 heavy (non-hydrogen) atoms. The van der Waals surface area contributed by atoms with Gasteiger partial charge in [0.05, 0.1) is 138 Å². The van der Waals surface area contributed by atoms with E-state index in [0.717, 1.165) is 49.2 Å². The number of hydrogen-bond acceptors (Lipinski definition) is 28. The summed E-state index contributed by atoms with van der Waals surface area (Å²) in [4.78, 5) is 0. The maximum atomic E-state index is 5.89. The molecular weight excluding hydrogens is 1320 g/mol. The van der Waals surface area contributed by atoms with Gasteiger partial charge in [0.25, 0.3) is 0 Å². The van der Waals surface area contributed by atoms with Crippen molar-refractivity contribution in [1.29, 1.82) is 0 Å². The highest BCUT2D eigenvalue weighted by Gasteiger charge is 2.40. The number of nitrogens with zero attached hydrogens (tertiary/aromatic N) is 12. The third-order valence-electron chi connectivity index (χ3n) is 18.7. The van der Waals surface area contributed by atoms with Crippen LogP contribution in [0.15, 0.2) is 24.8 Å². The van der Waals surface area contributed by atoms with Crippen molar-refractivity contribution in [2.45, 2.75) is 225 Å². The lowest BCUT2D eigenvalue weighted by Crippen LogP contribution is -2.28. The molecule has 12 rings (SSSR count). The smallest absolute Gasteiger partial charge is 0.177 e. The second-order valence-electron chi connectivity index (χ2n) is 26.5. The molecule has 8 fully saturated rings. The molecule has 32 nitrogen and oxygen atoms in total. The SMILES string of the molecule is [B][C@H]1CC(Cc2cn(COC[C@H]3O[C@@H]([B])CC3OC)nn2)[C@@H](COC)O1.[B][C@H]1CC(Cc2cn([C@H]3O[C@@H]([B])CC3OC)nn2)[C@@H](COC)O1.[B][C@H]1CC(Cn2cc(COC[C@H]3O[C@@H]([B])CC3OC)nn2)[C@@H](COC)O1.[B][C@H]1CC(OC)[C@@H](COCn2cc(COC3C[C@H]([B])O[C@@H]3COC)nn2)O1. The van der Waals surface area contributed by atoms with E-state index in [4.69, 9.17) is 158 Å². The van der Waals surface area contributed by atoms with E-state index in [1.165, 1.54) is 0 Å². The molecule has 8 aliphatic heterocycles. The van der Waals surface area contributed by atoms with Crippen LogP contribution in [0.1, 0.15) is 80.4 Å². The van der Waals surface area contributed by atoms with Crippen LogP contribution in [0, 0.1) is 17.8 Å². The van der Waals surface area contributed by atoms with Crippen LogP contribution < -0.4 is 0 Å². The molecule has 0 saturated carbocycles. The van der Waals surface area contributed by atoms with E-state index in [2.05, 4.69) is 41.2 Å². The van der Waals surface area contributed by atoms with Gasteiger partial charge >= 0.3 is 0 Å². The quantitative estimate of drug-likeness (QED) is 0.0478. The minimum atomic E-state index is -0.343. The van der Waals surface area contributed by atoms with Crippen LogP contribution in [0.25, 0.3) is 0 Å². The van der Waals surface area contributed by atoms with Gasteiger partial charge in [0.1, 0.15) is 118 Å². The van der Waals surface area contributed by atoms with Gasteiger partial charge in [-0.3, -0.25) is 4.68 Å². The van der Waals surface area contributed by atoms with Gasteiger partial charge in [-0.2, -0.15) is 0 Å². The van der Waals surface area contributed by atoms with Crippen LogP contribution in [0.4, 0.5) is 0 Å². The fourth-order valence-electron chi connectivity index (χ4n) is 13.7. The Morgan fingerprint density at radius 3 is 1.18 bits per heavy atom. The van der Waals surface area contributed by atoms with Crippen molar-refractivity contribution in [2.75, 3.05) is 103 Å². The first-order valence-corrected chi connectivity index (χ1v) is 34.6. The lowest BCUT2D eigenvalue weighted by Gasteiger charge is -2.17. The van der Waals surface area contributed by atoms with Crippen molar-refractivity contribution in [1.82, 2.24) is 60.0 Å². The Kier molecular flexibility index (Phi) is 34.0. The van der Waals surface area contributed by atoms with Crippen LogP contribution in [0.2, 0.25) is 0 Å². The molecule has 8 aliphatic rings. The van der Waals surface area contributed by atoms with E-state index in [1.54, 1.807) is 81.8 Å². The highest BCUT2D eigenvalue weighted by atomic mass is 16.6. The van der Waals surface area contributed by atoms with Gasteiger partial charge in [0.2, 0.25) is 0 Å². The zero-order valence-corrected chi connectivity index (χ0v) is 59.9. The molecular formula is C62H96B8N12O20. The van der Waals surface area contributed by atoms with Crippen LogP contribution in [0.3, 0.4) is 0 Å². The van der Waals surface area contributed by atoms with Crippen molar-refractivity contribution in [3.05, 3.63) is 47.6 Å². The van der Waals surface area contributed by atoms with Crippen molar-refractivity contribution in [3.63, 3.8) is 0 Å². The summed E-state index contributed by atoms with van der Waals surface area (Å²) in [5, 5.41) is 33.2. The summed E-state index contributed by atoms with van der Waals surface area (Å²) in [6.07, 6.45) is 13.1. The minimum absolute atomic E-state index is 0.00824. The van der Waals surface area contributed by atoms with Crippen LogP contribution >= 0.6 is 0 Å². The molecule has 4 aromatic rings. The topological polar surface area (TPSA) is 307 Å². The third kappa shape index (κ3) is 24.9. The fourth-order valence-corrected chi connectivity index (χ4v) is 13.7. The van der Waals surface area contributed by atoms with Gasteiger partial charge in [-0.15, -0.1) is 20.4 Å². The molecule has 0 aliphatic carbocycles. The van der Waals surface area contributed by atoms with Crippen molar-refractivity contribution < 1.29 is 94.7 Å². The first-order valence-electron chi connectivity index (χ1n) is 34.6. The lowest BCUT2D eigenvalue weighted by molar-refractivity contribution is -0.0590. The predicted molar refractivity (Wildman–Crippen MR) is 366 cm³/mol. The summed E-state index contributed by atoms with van der Waals surface area (Å²) in [6, 6.07) is -2.33. The average molecular weight is 1420 g/mol. The molecule has 16 radical (unpaired) electrons. The Balaban J connectivity index is 0.000000158. The van der Waals surface area contributed by atoms with Crippen LogP contribution in [-0.4, -0.2) is 347 Å². The molecule has 0 spiro atoms. The van der Waals surface area contributed by atoms with E-state index in [-0.39, 0.29) is 152 Å².